The molecule has 0 fully saturated rings. The molecule has 1 N–H and O–H groups in total. The zero-order chi connectivity index (χ0) is 20.4. The van der Waals surface area contributed by atoms with Crippen LogP contribution in [0.1, 0.15) is 18.1 Å². The van der Waals surface area contributed by atoms with Crippen LogP contribution >= 0.6 is 0 Å². The number of hydrogen-bond donors (Lipinski definition) is 1. The molecule has 0 aromatic heterocycles. The van der Waals surface area contributed by atoms with Crippen LogP contribution in [-0.4, -0.2) is 31.5 Å². The first kappa shape index (κ1) is 20.4. The van der Waals surface area contributed by atoms with E-state index >= 15 is 0 Å². The number of aryl methyl sites for hydroxylation is 2. The van der Waals surface area contributed by atoms with Crippen molar-refractivity contribution in [3.8, 4) is 0 Å². The zero-order valence-corrected chi connectivity index (χ0v) is 16.3. The van der Waals surface area contributed by atoms with E-state index < -0.39 is 26.9 Å². The van der Waals surface area contributed by atoms with Gasteiger partial charge in [-0.2, -0.15) is 0 Å². The number of carbonyl (C=O) groups excluding carboxylic acids is 1. The Hall–Kier alpha value is -2.94. The summed E-state index contributed by atoms with van der Waals surface area (Å²) in [6, 6.07) is 9.56. The average molecular weight is 391 g/mol. The standard InChI is InChI=1S/C18H21N3O5S/c1-12-8-13(2)10-15(9-12)19-18(22)14(3)20(27(4,25)26)16-6-5-7-17(11-16)21(23)24/h5-11,14H,1-4H3,(H,19,22)/t14-/m0/s1. The third-order valence-electron chi connectivity index (χ3n) is 3.87. The van der Waals surface area contributed by atoms with Crippen molar-refractivity contribution >= 4 is 33.0 Å². The van der Waals surface area contributed by atoms with Gasteiger partial charge in [0.2, 0.25) is 15.9 Å². The predicted molar refractivity (Wildman–Crippen MR) is 104 cm³/mol. The Morgan fingerprint density at radius 2 is 1.74 bits per heavy atom. The van der Waals surface area contributed by atoms with E-state index in [0.29, 0.717) is 5.69 Å². The highest BCUT2D eigenvalue weighted by atomic mass is 32.2. The van der Waals surface area contributed by atoms with E-state index in [1.165, 1.54) is 25.1 Å². The number of hydrogen-bond acceptors (Lipinski definition) is 5. The molecule has 1 amide bonds. The molecule has 0 aliphatic carbocycles. The van der Waals surface area contributed by atoms with Crippen LogP contribution < -0.4 is 9.62 Å². The van der Waals surface area contributed by atoms with Gasteiger partial charge in [-0.15, -0.1) is 0 Å². The number of nitrogens with zero attached hydrogens (tertiary/aromatic N) is 2. The molecule has 1 atom stereocenters. The summed E-state index contributed by atoms with van der Waals surface area (Å²) in [6.07, 6.45) is 0.951. The van der Waals surface area contributed by atoms with Gasteiger partial charge in [0.1, 0.15) is 6.04 Å². The van der Waals surface area contributed by atoms with E-state index in [1.54, 1.807) is 12.1 Å². The van der Waals surface area contributed by atoms with Gasteiger partial charge in [0.05, 0.1) is 16.9 Å². The molecule has 27 heavy (non-hydrogen) atoms. The van der Waals surface area contributed by atoms with E-state index in [4.69, 9.17) is 0 Å². The fraction of sp³-hybridized carbons (Fsp3) is 0.278. The molecule has 0 aliphatic heterocycles. The van der Waals surface area contributed by atoms with E-state index in [1.807, 2.05) is 19.9 Å². The smallest absolute Gasteiger partial charge is 0.271 e. The number of anilines is 2. The summed E-state index contributed by atoms with van der Waals surface area (Å²) in [5.41, 5.74) is 2.25. The van der Waals surface area contributed by atoms with Gasteiger partial charge in [-0.3, -0.25) is 19.2 Å². The van der Waals surface area contributed by atoms with Crippen molar-refractivity contribution in [1.82, 2.24) is 0 Å². The summed E-state index contributed by atoms with van der Waals surface area (Å²) in [5.74, 6) is -0.545. The predicted octanol–water partition coefficient (Wildman–Crippen LogP) is 3.00. The molecule has 0 heterocycles. The molecule has 0 bridgehead atoms. The summed E-state index contributed by atoms with van der Waals surface area (Å²) in [4.78, 5) is 23.0. The maximum Gasteiger partial charge on any atom is 0.271 e. The molecule has 2 aromatic rings. The summed E-state index contributed by atoms with van der Waals surface area (Å²) >= 11 is 0. The first-order chi connectivity index (χ1) is 12.5. The van der Waals surface area contributed by atoms with Gasteiger partial charge in [0, 0.05) is 17.8 Å². The van der Waals surface area contributed by atoms with E-state index in [9.17, 15) is 23.3 Å². The van der Waals surface area contributed by atoms with Crippen LogP contribution in [0, 0.1) is 24.0 Å². The van der Waals surface area contributed by atoms with Gasteiger partial charge < -0.3 is 5.32 Å². The number of amides is 1. The lowest BCUT2D eigenvalue weighted by Crippen LogP contribution is -2.45. The number of nitrogens with one attached hydrogen (secondary N) is 1. The van der Waals surface area contributed by atoms with Crippen LogP contribution in [0.5, 0.6) is 0 Å². The molecule has 8 nitrogen and oxygen atoms in total. The van der Waals surface area contributed by atoms with E-state index in [2.05, 4.69) is 5.32 Å². The van der Waals surface area contributed by atoms with Crippen molar-refractivity contribution in [3.05, 3.63) is 63.7 Å². The molecular formula is C18H21N3O5S. The quantitative estimate of drug-likeness (QED) is 0.601. The molecule has 9 heteroatoms. The highest BCUT2D eigenvalue weighted by Gasteiger charge is 2.30. The number of carbonyl (C=O) groups is 1. The van der Waals surface area contributed by atoms with Crippen molar-refractivity contribution in [3.63, 3.8) is 0 Å². The summed E-state index contributed by atoms with van der Waals surface area (Å²) in [7, 11) is -3.86. The van der Waals surface area contributed by atoms with Crippen LogP contribution in [0.2, 0.25) is 0 Å². The Kier molecular flexibility index (Phi) is 5.85. The van der Waals surface area contributed by atoms with Crippen molar-refractivity contribution in [2.45, 2.75) is 26.8 Å². The van der Waals surface area contributed by atoms with Crippen LogP contribution in [0.15, 0.2) is 42.5 Å². The Balaban J connectivity index is 2.37. The topological polar surface area (TPSA) is 110 Å². The summed E-state index contributed by atoms with van der Waals surface area (Å²) < 4.78 is 25.5. The number of sulfonamides is 1. The van der Waals surface area contributed by atoms with Crippen LogP contribution in [0.3, 0.4) is 0 Å². The van der Waals surface area contributed by atoms with Crippen molar-refractivity contribution in [2.75, 3.05) is 15.9 Å². The van der Waals surface area contributed by atoms with E-state index in [-0.39, 0.29) is 11.4 Å². The van der Waals surface area contributed by atoms with Gasteiger partial charge in [-0.25, -0.2) is 8.42 Å². The minimum atomic E-state index is -3.86. The van der Waals surface area contributed by atoms with Crippen molar-refractivity contribution < 1.29 is 18.1 Å². The van der Waals surface area contributed by atoms with Crippen molar-refractivity contribution in [2.24, 2.45) is 0 Å². The normalized spacial score (nSPS) is 12.3. The van der Waals surface area contributed by atoms with Crippen molar-refractivity contribution in [1.29, 1.82) is 0 Å². The second kappa shape index (κ2) is 7.75. The number of nitro groups is 1. The molecule has 0 saturated heterocycles. The maximum atomic E-state index is 12.7. The van der Waals surface area contributed by atoms with Gasteiger partial charge in [0.25, 0.3) is 5.69 Å². The lowest BCUT2D eigenvalue weighted by molar-refractivity contribution is -0.384. The lowest BCUT2D eigenvalue weighted by atomic mass is 10.1. The molecule has 0 radical (unpaired) electrons. The number of nitro benzene ring substituents is 1. The number of non-ortho nitro benzene ring substituents is 1. The zero-order valence-electron chi connectivity index (χ0n) is 15.5. The summed E-state index contributed by atoms with van der Waals surface area (Å²) in [5, 5.41) is 13.7. The Morgan fingerprint density at radius 1 is 1.15 bits per heavy atom. The molecule has 0 spiro atoms. The molecular weight excluding hydrogens is 370 g/mol. The monoisotopic (exact) mass is 391 g/mol. The second-order valence-electron chi connectivity index (χ2n) is 6.38. The average Bonchev–Trinajstić information content (AvgIpc) is 2.52. The lowest BCUT2D eigenvalue weighted by Gasteiger charge is -2.28. The fourth-order valence-corrected chi connectivity index (χ4v) is 4.01. The number of benzene rings is 2. The van der Waals surface area contributed by atoms with Gasteiger partial charge >= 0.3 is 0 Å². The summed E-state index contributed by atoms with van der Waals surface area (Å²) in [6.45, 7) is 5.20. The molecule has 2 aromatic carbocycles. The maximum absolute atomic E-state index is 12.7. The Morgan fingerprint density at radius 3 is 2.26 bits per heavy atom. The van der Waals surface area contributed by atoms with Crippen LogP contribution in [0.4, 0.5) is 17.1 Å². The first-order valence-corrected chi connectivity index (χ1v) is 9.97. The molecule has 144 valence electrons. The molecule has 0 aliphatic rings. The minimum Gasteiger partial charge on any atom is -0.324 e. The first-order valence-electron chi connectivity index (χ1n) is 8.12. The van der Waals surface area contributed by atoms with Crippen LogP contribution in [0.25, 0.3) is 0 Å². The third-order valence-corrected chi connectivity index (χ3v) is 5.11. The highest BCUT2D eigenvalue weighted by Crippen LogP contribution is 2.26. The Bertz CT molecular complexity index is 968. The third kappa shape index (κ3) is 5.04. The van der Waals surface area contributed by atoms with Gasteiger partial charge in [-0.1, -0.05) is 12.1 Å². The largest absolute Gasteiger partial charge is 0.324 e. The van der Waals surface area contributed by atoms with E-state index in [0.717, 1.165) is 27.8 Å². The SMILES string of the molecule is Cc1cc(C)cc(NC(=O)[C@H](C)N(c2cccc([N+](=O)[O-])c2)S(C)(=O)=O)c1. The number of rotatable bonds is 6. The molecule has 0 saturated carbocycles. The fourth-order valence-electron chi connectivity index (χ4n) is 2.85. The van der Waals surface area contributed by atoms with Gasteiger partial charge in [0.15, 0.2) is 0 Å². The molecule has 0 unspecified atom stereocenters. The second-order valence-corrected chi connectivity index (χ2v) is 8.24. The Labute approximate surface area is 158 Å². The van der Waals surface area contributed by atoms with Crippen LogP contribution in [-0.2, 0) is 14.8 Å². The highest BCUT2D eigenvalue weighted by molar-refractivity contribution is 7.92. The van der Waals surface area contributed by atoms with Gasteiger partial charge in [-0.05, 0) is 50.1 Å². The minimum absolute atomic E-state index is 0.0507. The molecule has 2 rings (SSSR count).